The normalized spacial score (nSPS) is 10.3. The smallest absolute Gasteiger partial charge is 0.274 e. The summed E-state index contributed by atoms with van der Waals surface area (Å²) in [5.41, 5.74) is -0.230. The zero-order chi connectivity index (χ0) is 14.5. The molecule has 0 spiro atoms. The fourth-order valence-electron chi connectivity index (χ4n) is 1.36. The van der Waals surface area contributed by atoms with Gasteiger partial charge in [-0.05, 0) is 5.75 Å². The lowest BCUT2D eigenvalue weighted by molar-refractivity contribution is 0.102. The first-order chi connectivity index (χ1) is 9.63. The van der Waals surface area contributed by atoms with E-state index < -0.39 is 5.91 Å². The zero-order valence-electron chi connectivity index (χ0n) is 10.8. The number of pyridine rings is 1. The largest absolute Gasteiger partial charge is 0.491 e. The molecule has 0 aromatic carbocycles. The van der Waals surface area contributed by atoms with Crippen LogP contribution in [0.5, 0.6) is 5.75 Å². The molecule has 9 heteroatoms. The molecule has 20 heavy (non-hydrogen) atoms. The number of carbonyl (C=O) groups excluding carboxylic acids is 1. The van der Waals surface area contributed by atoms with E-state index in [-0.39, 0.29) is 16.9 Å². The van der Waals surface area contributed by atoms with Gasteiger partial charge < -0.3 is 9.72 Å². The number of aromatic nitrogens is 3. The van der Waals surface area contributed by atoms with Crippen LogP contribution in [0.1, 0.15) is 17.4 Å². The first kappa shape index (κ1) is 14.5. The van der Waals surface area contributed by atoms with Crippen molar-refractivity contribution >= 4 is 34.1 Å². The molecular weight excluding hydrogens is 300 g/mol. The van der Waals surface area contributed by atoms with E-state index in [2.05, 4.69) is 20.5 Å². The van der Waals surface area contributed by atoms with Crippen LogP contribution in [0.4, 0.5) is 5.13 Å². The molecule has 0 fully saturated rings. The van der Waals surface area contributed by atoms with E-state index in [0.29, 0.717) is 5.13 Å². The maximum absolute atomic E-state index is 11.9. The number of methoxy groups -OCH3 is 1. The SMILES string of the molecule is CCSc1nnc(NC(=O)c2cc(=O)c(OC)c[nH]2)s1. The summed E-state index contributed by atoms with van der Waals surface area (Å²) in [5, 5.41) is 10.8. The molecule has 0 aliphatic rings. The van der Waals surface area contributed by atoms with Crippen LogP contribution in [0.25, 0.3) is 0 Å². The van der Waals surface area contributed by atoms with Gasteiger partial charge in [-0.1, -0.05) is 30.0 Å². The van der Waals surface area contributed by atoms with Gasteiger partial charge in [0.25, 0.3) is 5.91 Å². The van der Waals surface area contributed by atoms with Gasteiger partial charge in [0.15, 0.2) is 10.1 Å². The molecule has 0 aliphatic heterocycles. The first-order valence-electron chi connectivity index (χ1n) is 5.68. The van der Waals surface area contributed by atoms with Crippen molar-refractivity contribution in [3.8, 4) is 5.75 Å². The molecule has 0 unspecified atom stereocenters. The Hall–Kier alpha value is -1.87. The summed E-state index contributed by atoms with van der Waals surface area (Å²) in [6.45, 7) is 2.01. The quantitative estimate of drug-likeness (QED) is 0.643. The van der Waals surface area contributed by atoms with E-state index in [1.54, 1.807) is 11.8 Å². The molecule has 2 heterocycles. The highest BCUT2D eigenvalue weighted by atomic mass is 32.2. The van der Waals surface area contributed by atoms with Crippen molar-refractivity contribution in [2.45, 2.75) is 11.3 Å². The lowest BCUT2D eigenvalue weighted by Gasteiger charge is -2.02. The van der Waals surface area contributed by atoms with Crippen molar-refractivity contribution in [2.75, 3.05) is 18.2 Å². The maximum atomic E-state index is 11.9. The first-order valence-corrected chi connectivity index (χ1v) is 7.48. The molecule has 0 saturated heterocycles. The predicted molar refractivity (Wildman–Crippen MR) is 77.9 cm³/mol. The molecule has 2 aromatic heterocycles. The number of anilines is 1. The third kappa shape index (κ3) is 3.36. The second-order valence-corrected chi connectivity index (χ2v) is 6.03. The van der Waals surface area contributed by atoms with E-state index in [1.165, 1.54) is 30.7 Å². The average Bonchev–Trinajstić information content (AvgIpc) is 2.86. The Morgan fingerprint density at radius 2 is 2.35 bits per heavy atom. The highest BCUT2D eigenvalue weighted by Crippen LogP contribution is 2.25. The van der Waals surface area contributed by atoms with Crippen molar-refractivity contribution < 1.29 is 9.53 Å². The Labute approximate surface area is 122 Å². The fraction of sp³-hybridized carbons (Fsp3) is 0.273. The van der Waals surface area contributed by atoms with Crippen LogP contribution < -0.4 is 15.5 Å². The van der Waals surface area contributed by atoms with Crippen LogP contribution in [0, 0.1) is 0 Å². The van der Waals surface area contributed by atoms with Crippen LogP contribution in [-0.4, -0.2) is 34.0 Å². The molecule has 2 rings (SSSR count). The number of rotatable bonds is 5. The topological polar surface area (TPSA) is 97.0 Å². The standard InChI is InChI=1S/C11H12N4O3S2/c1-3-19-11-15-14-10(20-11)13-9(17)6-4-7(16)8(18-2)5-12-6/h4-5H,3H2,1-2H3,(H,12,16)(H,13,14,17). The number of nitrogens with zero attached hydrogens (tertiary/aromatic N) is 2. The average molecular weight is 312 g/mol. The second kappa shape index (κ2) is 6.53. The van der Waals surface area contributed by atoms with E-state index in [9.17, 15) is 9.59 Å². The van der Waals surface area contributed by atoms with Gasteiger partial charge in [0, 0.05) is 12.3 Å². The highest BCUT2D eigenvalue weighted by molar-refractivity contribution is 8.01. The van der Waals surface area contributed by atoms with Gasteiger partial charge in [0.2, 0.25) is 10.6 Å². The fourth-order valence-corrected chi connectivity index (χ4v) is 3.00. The van der Waals surface area contributed by atoms with E-state index in [4.69, 9.17) is 4.74 Å². The third-order valence-corrected chi connectivity index (χ3v) is 4.09. The Morgan fingerprint density at radius 3 is 3.00 bits per heavy atom. The molecule has 106 valence electrons. The van der Waals surface area contributed by atoms with Crippen LogP contribution in [0.3, 0.4) is 0 Å². The van der Waals surface area contributed by atoms with E-state index >= 15 is 0 Å². The predicted octanol–water partition coefficient (Wildman–Crippen LogP) is 1.60. The molecule has 0 saturated carbocycles. The number of hydrogen-bond donors (Lipinski definition) is 2. The van der Waals surface area contributed by atoms with Crippen LogP contribution in [0.2, 0.25) is 0 Å². The summed E-state index contributed by atoms with van der Waals surface area (Å²) in [4.78, 5) is 26.2. The van der Waals surface area contributed by atoms with Crippen molar-refractivity contribution in [3.63, 3.8) is 0 Å². The molecule has 0 atom stereocenters. The van der Waals surface area contributed by atoms with Crippen molar-refractivity contribution in [1.82, 2.24) is 15.2 Å². The Balaban J connectivity index is 2.11. The molecular formula is C11H12N4O3S2. The summed E-state index contributed by atoms with van der Waals surface area (Å²) >= 11 is 2.83. The monoisotopic (exact) mass is 312 g/mol. The van der Waals surface area contributed by atoms with Crippen LogP contribution in [-0.2, 0) is 0 Å². The Morgan fingerprint density at radius 1 is 1.55 bits per heavy atom. The number of H-pyrrole nitrogens is 1. The molecule has 0 bridgehead atoms. The Bertz CT molecular complexity index is 668. The van der Waals surface area contributed by atoms with Gasteiger partial charge in [-0.25, -0.2) is 0 Å². The van der Waals surface area contributed by atoms with Crippen LogP contribution >= 0.6 is 23.1 Å². The highest BCUT2D eigenvalue weighted by Gasteiger charge is 2.12. The number of carbonyl (C=O) groups is 1. The third-order valence-electron chi connectivity index (χ3n) is 2.24. The molecule has 2 N–H and O–H groups in total. The second-order valence-electron chi connectivity index (χ2n) is 3.54. The van der Waals surface area contributed by atoms with E-state index in [0.717, 1.165) is 10.1 Å². The van der Waals surface area contributed by atoms with Gasteiger partial charge in [-0.15, -0.1) is 10.2 Å². The van der Waals surface area contributed by atoms with Gasteiger partial charge in [-0.2, -0.15) is 0 Å². The van der Waals surface area contributed by atoms with Crippen molar-refractivity contribution in [1.29, 1.82) is 0 Å². The summed E-state index contributed by atoms with van der Waals surface area (Å²) < 4.78 is 5.61. The Kier molecular flexibility index (Phi) is 4.74. The molecule has 1 amide bonds. The lowest BCUT2D eigenvalue weighted by atomic mass is 10.3. The van der Waals surface area contributed by atoms with E-state index in [1.807, 2.05) is 6.92 Å². The summed E-state index contributed by atoms with van der Waals surface area (Å²) in [6.07, 6.45) is 1.34. The minimum atomic E-state index is -0.450. The zero-order valence-corrected chi connectivity index (χ0v) is 12.4. The summed E-state index contributed by atoms with van der Waals surface area (Å²) in [7, 11) is 1.39. The van der Waals surface area contributed by atoms with Crippen LogP contribution in [0.15, 0.2) is 21.4 Å². The number of amides is 1. The number of thioether (sulfide) groups is 1. The molecule has 2 aromatic rings. The minimum absolute atomic E-state index is 0.135. The minimum Gasteiger partial charge on any atom is -0.491 e. The van der Waals surface area contributed by atoms with Gasteiger partial charge in [-0.3, -0.25) is 14.9 Å². The molecule has 0 aliphatic carbocycles. The number of ether oxygens (including phenoxy) is 1. The van der Waals surface area contributed by atoms with Gasteiger partial charge in [0.1, 0.15) is 5.69 Å². The molecule has 7 nitrogen and oxygen atoms in total. The van der Waals surface area contributed by atoms with Crippen molar-refractivity contribution in [2.24, 2.45) is 0 Å². The summed E-state index contributed by atoms with van der Waals surface area (Å²) in [6, 6.07) is 1.18. The lowest BCUT2D eigenvalue weighted by Crippen LogP contribution is -2.17. The van der Waals surface area contributed by atoms with Gasteiger partial charge in [0.05, 0.1) is 7.11 Å². The number of hydrogen-bond acceptors (Lipinski definition) is 7. The number of nitrogens with one attached hydrogen (secondary N) is 2. The molecule has 0 radical (unpaired) electrons. The van der Waals surface area contributed by atoms with Gasteiger partial charge >= 0.3 is 0 Å². The maximum Gasteiger partial charge on any atom is 0.274 e. The number of aromatic amines is 1. The summed E-state index contributed by atoms with van der Waals surface area (Å²) in [5.74, 6) is 0.585. The van der Waals surface area contributed by atoms with Crippen molar-refractivity contribution in [3.05, 3.63) is 28.2 Å².